The smallest absolute Gasteiger partial charge is 0.137 e. The molecular weight excluding hydrogens is 303 g/mol. The van der Waals surface area contributed by atoms with Gasteiger partial charge in [0, 0.05) is 18.6 Å². The van der Waals surface area contributed by atoms with Gasteiger partial charge in [-0.25, -0.2) is 9.67 Å². The third-order valence-electron chi connectivity index (χ3n) is 2.21. The molecule has 4 nitrogen and oxygen atoms in total. The maximum Gasteiger partial charge on any atom is 0.137 e. The van der Waals surface area contributed by atoms with Crippen LogP contribution in [0, 0.1) is 3.70 Å². The zero-order valence-electron chi connectivity index (χ0n) is 7.71. The van der Waals surface area contributed by atoms with Crippen molar-refractivity contribution in [1.82, 2.24) is 19.2 Å². The molecule has 0 aliphatic rings. The number of halogens is 1. The first-order valence-electron chi connectivity index (χ1n) is 4.47. The average Bonchev–Trinajstić information content (AvgIpc) is 2.88. The Labute approximate surface area is 99.7 Å². The van der Waals surface area contributed by atoms with Crippen LogP contribution in [0.25, 0.3) is 11.3 Å². The third-order valence-corrected chi connectivity index (χ3v) is 3.01. The summed E-state index contributed by atoms with van der Waals surface area (Å²) in [6.07, 6.45) is 7.56. The van der Waals surface area contributed by atoms with Gasteiger partial charge in [0.05, 0.1) is 11.9 Å². The van der Waals surface area contributed by atoms with Gasteiger partial charge >= 0.3 is 0 Å². The van der Waals surface area contributed by atoms with Crippen molar-refractivity contribution in [3.63, 3.8) is 0 Å². The fourth-order valence-electron chi connectivity index (χ4n) is 1.50. The molecule has 3 aromatic heterocycles. The predicted octanol–water partition coefficient (Wildman–Crippen LogP) is 2.12. The second-order valence-corrected chi connectivity index (χ2v) is 4.25. The fourth-order valence-corrected chi connectivity index (χ4v) is 2.02. The molecule has 0 aromatic carbocycles. The van der Waals surface area contributed by atoms with Crippen LogP contribution < -0.4 is 0 Å². The third kappa shape index (κ3) is 1.43. The first-order chi connectivity index (χ1) is 7.34. The van der Waals surface area contributed by atoms with Gasteiger partial charge in [0.15, 0.2) is 0 Å². The Hall–Kier alpha value is -1.37. The van der Waals surface area contributed by atoms with Crippen LogP contribution in [-0.4, -0.2) is 19.2 Å². The van der Waals surface area contributed by atoms with E-state index in [9.17, 15) is 0 Å². The molecular formula is C10H7IN4. The molecule has 0 fully saturated rings. The van der Waals surface area contributed by atoms with E-state index in [4.69, 9.17) is 0 Å². The van der Waals surface area contributed by atoms with Crippen molar-refractivity contribution < 1.29 is 0 Å². The number of hydrogen-bond acceptors (Lipinski definition) is 2. The lowest BCUT2D eigenvalue weighted by atomic mass is 10.4. The summed E-state index contributed by atoms with van der Waals surface area (Å²) >= 11 is 2.26. The molecule has 3 heterocycles. The number of hydrogen-bond donors (Lipinski definition) is 0. The van der Waals surface area contributed by atoms with Gasteiger partial charge in [-0.1, -0.05) is 0 Å². The van der Waals surface area contributed by atoms with E-state index in [0.29, 0.717) is 0 Å². The van der Waals surface area contributed by atoms with Gasteiger partial charge in [0.25, 0.3) is 0 Å². The molecule has 5 heteroatoms. The monoisotopic (exact) mass is 310 g/mol. The zero-order chi connectivity index (χ0) is 10.3. The summed E-state index contributed by atoms with van der Waals surface area (Å²) < 4.78 is 4.96. The summed E-state index contributed by atoms with van der Waals surface area (Å²) in [6, 6.07) is 5.90. The highest BCUT2D eigenvalue weighted by Gasteiger charge is 2.02. The molecule has 0 spiro atoms. The summed E-state index contributed by atoms with van der Waals surface area (Å²) in [7, 11) is 0. The van der Waals surface area contributed by atoms with Crippen LogP contribution >= 0.6 is 22.6 Å². The minimum Gasteiger partial charge on any atom is -0.293 e. The van der Waals surface area contributed by atoms with E-state index in [1.54, 1.807) is 6.20 Å². The molecule has 0 unspecified atom stereocenters. The molecule has 74 valence electrons. The lowest BCUT2D eigenvalue weighted by Crippen LogP contribution is -1.97. The van der Waals surface area contributed by atoms with Gasteiger partial charge in [-0.3, -0.25) is 4.40 Å². The first kappa shape index (κ1) is 8.90. The molecule has 3 aromatic rings. The van der Waals surface area contributed by atoms with E-state index < -0.39 is 0 Å². The van der Waals surface area contributed by atoms with Gasteiger partial charge in [0.1, 0.15) is 9.35 Å². The summed E-state index contributed by atoms with van der Waals surface area (Å²) in [5.74, 6) is 0. The van der Waals surface area contributed by atoms with Gasteiger partial charge in [-0.15, -0.1) is 0 Å². The van der Waals surface area contributed by atoms with E-state index in [-0.39, 0.29) is 0 Å². The van der Waals surface area contributed by atoms with Gasteiger partial charge < -0.3 is 0 Å². The molecule has 0 atom stereocenters. The Morgan fingerprint density at radius 3 is 3.00 bits per heavy atom. The van der Waals surface area contributed by atoms with E-state index in [2.05, 4.69) is 32.7 Å². The molecule has 3 rings (SSSR count). The number of imidazole rings is 1. The van der Waals surface area contributed by atoms with Crippen LogP contribution in [0.4, 0.5) is 0 Å². The molecule has 0 amide bonds. The van der Waals surface area contributed by atoms with E-state index in [1.807, 2.05) is 45.9 Å². The predicted molar refractivity (Wildman–Crippen MR) is 65.0 cm³/mol. The molecule has 0 N–H and O–H groups in total. The minimum absolute atomic E-state index is 0.954. The number of nitrogens with zero attached hydrogens (tertiary/aromatic N) is 4. The largest absolute Gasteiger partial charge is 0.293 e. The van der Waals surface area contributed by atoms with Crippen molar-refractivity contribution in [2.45, 2.75) is 0 Å². The highest BCUT2D eigenvalue weighted by Crippen LogP contribution is 2.13. The van der Waals surface area contributed by atoms with Crippen molar-refractivity contribution in [2.24, 2.45) is 0 Å². The quantitative estimate of drug-likeness (QED) is 0.645. The number of fused-ring (bicyclic) bond motifs is 1. The summed E-state index contributed by atoms with van der Waals surface area (Å²) in [5, 5.41) is 4.19. The van der Waals surface area contributed by atoms with Crippen LogP contribution in [0.1, 0.15) is 0 Å². The topological polar surface area (TPSA) is 35.1 Å². The average molecular weight is 310 g/mol. The van der Waals surface area contributed by atoms with E-state index in [0.717, 1.165) is 15.0 Å². The maximum atomic E-state index is 4.27. The summed E-state index contributed by atoms with van der Waals surface area (Å²) in [6.45, 7) is 0. The van der Waals surface area contributed by atoms with Crippen LogP contribution in [0.2, 0.25) is 0 Å². The highest BCUT2D eigenvalue weighted by atomic mass is 127. The second-order valence-electron chi connectivity index (χ2n) is 3.15. The van der Waals surface area contributed by atoms with Crippen molar-refractivity contribution in [1.29, 1.82) is 0 Å². The first-order valence-corrected chi connectivity index (χ1v) is 5.55. The van der Waals surface area contributed by atoms with Crippen molar-refractivity contribution in [3.05, 3.63) is 46.7 Å². The molecule has 15 heavy (non-hydrogen) atoms. The Morgan fingerprint density at radius 2 is 2.20 bits per heavy atom. The number of rotatable bonds is 1. The van der Waals surface area contributed by atoms with Gasteiger partial charge in [0.2, 0.25) is 0 Å². The fraction of sp³-hybridized carbons (Fsp3) is 0. The van der Waals surface area contributed by atoms with E-state index >= 15 is 0 Å². The molecule has 0 bridgehead atoms. The minimum atomic E-state index is 0.954. The molecule has 0 saturated heterocycles. The normalized spacial score (nSPS) is 11.0. The molecule has 0 aliphatic carbocycles. The molecule has 0 saturated carbocycles. The SMILES string of the molecule is Ic1cnc2ccc(-n3cccn3)cn12. The van der Waals surface area contributed by atoms with Crippen LogP contribution in [0.3, 0.4) is 0 Å². The summed E-state index contributed by atoms with van der Waals surface area (Å²) in [4.78, 5) is 4.27. The Morgan fingerprint density at radius 1 is 1.27 bits per heavy atom. The number of pyridine rings is 1. The zero-order valence-corrected chi connectivity index (χ0v) is 9.87. The summed E-state index contributed by atoms with van der Waals surface area (Å²) in [5.41, 5.74) is 1.98. The van der Waals surface area contributed by atoms with Crippen molar-refractivity contribution in [2.75, 3.05) is 0 Å². The van der Waals surface area contributed by atoms with Gasteiger partial charge in [-0.05, 0) is 40.8 Å². The number of aromatic nitrogens is 4. The lowest BCUT2D eigenvalue weighted by molar-refractivity contribution is 0.869. The van der Waals surface area contributed by atoms with Crippen LogP contribution in [0.5, 0.6) is 0 Å². The molecule has 0 radical (unpaired) electrons. The highest BCUT2D eigenvalue weighted by molar-refractivity contribution is 14.1. The van der Waals surface area contributed by atoms with Crippen LogP contribution in [-0.2, 0) is 0 Å². The van der Waals surface area contributed by atoms with Crippen molar-refractivity contribution >= 4 is 28.2 Å². The Kier molecular flexibility index (Phi) is 1.98. The Balaban J connectivity index is 2.25. The molecule has 0 aliphatic heterocycles. The second kappa shape index (κ2) is 3.34. The van der Waals surface area contributed by atoms with Gasteiger partial charge in [-0.2, -0.15) is 5.10 Å². The Bertz CT molecular complexity index is 597. The van der Waals surface area contributed by atoms with Crippen molar-refractivity contribution in [3.8, 4) is 5.69 Å². The standard InChI is InChI=1S/C10H7IN4/c11-9-6-12-10-3-2-8(7-14(9)10)15-5-1-4-13-15/h1-7H. The lowest BCUT2D eigenvalue weighted by Gasteiger charge is -2.02. The van der Waals surface area contributed by atoms with E-state index in [1.165, 1.54) is 0 Å². The van der Waals surface area contributed by atoms with Crippen LogP contribution in [0.15, 0.2) is 43.0 Å². The maximum absolute atomic E-state index is 4.27.